The van der Waals surface area contributed by atoms with E-state index >= 15 is 0 Å². The molecule has 0 bridgehead atoms. The van der Waals surface area contributed by atoms with Crippen LogP contribution < -0.4 is 0 Å². The predicted octanol–water partition coefficient (Wildman–Crippen LogP) is 9.84. The molecule has 0 spiro atoms. The molecular formula is C39H62O2. The van der Waals surface area contributed by atoms with Gasteiger partial charge in [0.2, 0.25) is 0 Å². The van der Waals surface area contributed by atoms with Gasteiger partial charge in [-0.2, -0.15) is 0 Å². The smallest absolute Gasteiger partial charge is 0.0487 e. The van der Waals surface area contributed by atoms with Crippen LogP contribution in [0.1, 0.15) is 125 Å². The van der Waals surface area contributed by atoms with Gasteiger partial charge in [-0.25, -0.2) is 0 Å². The van der Waals surface area contributed by atoms with E-state index in [4.69, 9.17) is 6.58 Å². The number of allylic oxidation sites excluding steroid dienone is 6. The molecule has 230 valence electrons. The fourth-order valence-electron chi connectivity index (χ4n) is 12.2. The third-order valence-electron chi connectivity index (χ3n) is 14.4. The van der Waals surface area contributed by atoms with Gasteiger partial charge in [-0.3, -0.25) is 0 Å². The quantitative estimate of drug-likeness (QED) is 0.316. The van der Waals surface area contributed by atoms with Crippen molar-refractivity contribution in [2.75, 3.05) is 13.2 Å². The van der Waals surface area contributed by atoms with Crippen molar-refractivity contribution in [1.82, 2.24) is 0 Å². The van der Waals surface area contributed by atoms with Gasteiger partial charge in [-0.1, -0.05) is 88.1 Å². The molecule has 0 radical (unpaired) electrons. The zero-order chi connectivity index (χ0) is 29.8. The van der Waals surface area contributed by atoms with Crippen LogP contribution in [0.4, 0.5) is 0 Å². The van der Waals surface area contributed by atoms with Crippen LogP contribution >= 0.6 is 0 Å². The van der Waals surface area contributed by atoms with Crippen LogP contribution in [-0.4, -0.2) is 23.4 Å². The molecule has 0 heterocycles. The second-order valence-corrected chi connectivity index (χ2v) is 16.7. The number of aliphatic hydroxyl groups is 2. The molecule has 0 saturated heterocycles. The third kappa shape index (κ3) is 5.09. The Morgan fingerprint density at radius 1 is 0.854 bits per heavy atom. The lowest BCUT2D eigenvalue weighted by molar-refractivity contribution is -0.0977. The van der Waals surface area contributed by atoms with Crippen molar-refractivity contribution in [3.63, 3.8) is 0 Å². The van der Waals surface area contributed by atoms with Gasteiger partial charge in [0.25, 0.3) is 0 Å². The van der Waals surface area contributed by atoms with Gasteiger partial charge in [-0.05, 0) is 142 Å². The lowest BCUT2D eigenvalue weighted by Gasteiger charge is -2.61. The Morgan fingerprint density at radius 2 is 1.41 bits per heavy atom. The molecule has 4 saturated carbocycles. The minimum Gasteiger partial charge on any atom is -0.396 e. The topological polar surface area (TPSA) is 40.5 Å². The molecule has 41 heavy (non-hydrogen) atoms. The minimum atomic E-state index is 0.0367. The van der Waals surface area contributed by atoms with E-state index in [1.807, 2.05) is 0 Å². The molecule has 5 aliphatic rings. The lowest BCUT2D eigenvalue weighted by atomic mass is 9.44. The average molecular weight is 563 g/mol. The van der Waals surface area contributed by atoms with Gasteiger partial charge in [0, 0.05) is 13.2 Å². The second kappa shape index (κ2) is 11.4. The van der Waals surface area contributed by atoms with E-state index in [0.717, 1.165) is 32.1 Å². The predicted molar refractivity (Wildman–Crippen MR) is 173 cm³/mol. The van der Waals surface area contributed by atoms with Crippen LogP contribution in [0.3, 0.4) is 0 Å². The van der Waals surface area contributed by atoms with Gasteiger partial charge < -0.3 is 10.2 Å². The molecule has 0 aromatic carbocycles. The fourth-order valence-corrected chi connectivity index (χ4v) is 12.2. The summed E-state index contributed by atoms with van der Waals surface area (Å²) in [6, 6.07) is 0. The van der Waals surface area contributed by atoms with E-state index < -0.39 is 0 Å². The van der Waals surface area contributed by atoms with Crippen molar-refractivity contribution in [3.05, 3.63) is 47.6 Å². The number of hydrogen-bond acceptors (Lipinski definition) is 2. The van der Waals surface area contributed by atoms with Crippen LogP contribution in [0.5, 0.6) is 0 Å². The zero-order valence-electron chi connectivity index (χ0n) is 27.5. The van der Waals surface area contributed by atoms with E-state index in [-0.39, 0.29) is 21.7 Å². The van der Waals surface area contributed by atoms with Crippen molar-refractivity contribution >= 4 is 0 Å². The highest BCUT2D eigenvalue weighted by atomic mass is 16.3. The first-order valence-corrected chi connectivity index (χ1v) is 17.2. The summed E-state index contributed by atoms with van der Waals surface area (Å²) in [5.74, 6) is 3.24. The third-order valence-corrected chi connectivity index (χ3v) is 14.4. The molecule has 2 heteroatoms. The highest BCUT2D eigenvalue weighted by Gasteiger charge is 2.58. The van der Waals surface area contributed by atoms with Crippen molar-refractivity contribution in [2.45, 2.75) is 125 Å². The Hall–Kier alpha value is -1.12. The zero-order valence-corrected chi connectivity index (χ0v) is 27.5. The summed E-state index contributed by atoms with van der Waals surface area (Å²) in [6.07, 6.45) is 20.6. The van der Waals surface area contributed by atoms with Gasteiger partial charge in [-0.15, -0.1) is 0 Å². The fraction of sp³-hybridized carbons (Fsp3) is 0.795. The minimum absolute atomic E-state index is 0.0367. The first-order chi connectivity index (χ1) is 19.3. The molecule has 0 aliphatic heterocycles. The molecule has 5 aliphatic carbocycles. The van der Waals surface area contributed by atoms with Crippen molar-refractivity contribution in [3.8, 4) is 0 Å². The van der Waals surface area contributed by atoms with Crippen LogP contribution in [0, 0.1) is 57.2 Å². The van der Waals surface area contributed by atoms with Crippen molar-refractivity contribution < 1.29 is 10.2 Å². The number of fused-ring (bicyclic) bond motifs is 2. The Kier molecular flexibility index (Phi) is 8.72. The number of aliphatic hydroxyl groups excluding tert-OH is 2. The normalized spacial score (nSPS) is 47.4. The highest BCUT2D eigenvalue weighted by Crippen LogP contribution is 2.65. The Labute approximate surface area is 252 Å². The SMILES string of the molecule is C=C1CCC2[C@](C)(CO)CCC[C@]2(C)[C@H]1[C@@H]1C(C)=CCC[C@@H]1/C(C)=C/C[C@H]1C(=C)CCC2[C@](C)(CO)CCC[C@@]21C. The second-order valence-electron chi connectivity index (χ2n) is 16.7. The summed E-state index contributed by atoms with van der Waals surface area (Å²) < 4.78 is 0. The van der Waals surface area contributed by atoms with Gasteiger partial charge in [0.1, 0.15) is 0 Å². The largest absolute Gasteiger partial charge is 0.396 e. The molecule has 0 amide bonds. The van der Waals surface area contributed by atoms with Gasteiger partial charge in [0.05, 0.1) is 0 Å². The maximum absolute atomic E-state index is 10.6. The highest BCUT2D eigenvalue weighted by molar-refractivity contribution is 5.28. The van der Waals surface area contributed by atoms with E-state index in [9.17, 15) is 10.2 Å². The Balaban J connectivity index is 1.44. The van der Waals surface area contributed by atoms with Crippen LogP contribution in [0.15, 0.2) is 47.6 Å². The monoisotopic (exact) mass is 562 g/mol. The summed E-state index contributed by atoms with van der Waals surface area (Å²) in [5, 5.41) is 21.0. The molecule has 5 rings (SSSR count). The molecule has 2 N–H and O–H groups in total. The summed E-state index contributed by atoms with van der Waals surface area (Å²) in [7, 11) is 0. The van der Waals surface area contributed by atoms with Gasteiger partial charge in [0.15, 0.2) is 0 Å². The summed E-state index contributed by atoms with van der Waals surface area (Å²) >= 11 is 0. The van der Waals surface area contributed by atoms with E-state index in [2.05, 4.69) is 60.3 Å². The van der Waals surface area contributed by atoms with Crippen LogP contribution in [0.25, 0.3) is 0 Å². The molecule has 0 aromatic rings. The molecule has 0 aromatic heterocycles. The Morgan fingerprint density at radius 3 is 2.02 bits per heavy atom. The molecular weight excluding hydrogens is 500 g/mol. The maximum Gasteiger partial charge on any atom is 0.0487 e. The van der Waals surface area contributed by atoms with Gasteiger partial charge >= 0.3 is 0 Å². The van der Waals surface area contributed by atoms with Crippen molar-refractivity contribution in [1.29, 1.82) is 0 Å². The number of hydrogen-bond donors (Lipinski definition) is 2. The molecule has 10 atom stereocenters. The summed E-state index contributed by atoms with van der Waals surface area (Å²) in [4.78, 5) is 0. The standard InChI is InChI=1S/C39H62O2/c1-26(14-17-31-27(2)15-18-32-36(5,24-40)20-10-22-38(31,32)7)30-13-9-12-28(3)34(30)35-29(4)16-19-33-37(6,25-41)21-11-23-39(33,35)8/h12,14,30-35,40-41H,2,4,9-11,13,15-25H2,1,3,5-8H3/b26-14+/t30-,31+,32?,33?,34-,35-,36+,37+,38-,39+/m1/s1. The first kappa shape index (κ1) is 31.3. The van der Waals surface area contributed by atoms with E-state index in [0.29, 0.717) is 48.7 Å². The van der Waals surface area contributed by atoms with E-state index in [1.54, 1.807) is 11.1 Å². The van der Waals surface area contributed by atoms with Crippen molar-refractivity contribution in [2.24, 2.45) is 57.2 Å². The number of rotatable bonds is 6. The van der Waals surface area contributed by atoms with Crippen LogP contribution in [-0.2, 0) is 0 Å². The molecule has 2 nitrogen and oxygen atoms in total. The van der Waals surface area contributed by atoms with Crippen LogP contribution in [0.2, 0.25) is 0 Å². The maximum atomic E-state index is 10.6. The molecule has 4 fully saturated rings. The molecule has 2 unspecified atom stereocenters. The van der Waals surface area contributed by atoms with E-state index in [1.165, 1.54) is 62.5 Å². The summed E-state index contributed by atoms with van der Waals surface area (Å²) in [5.41, 5.74) is 6.62. The Bertz CT molecular complexity index is 1080. The summed E-state index contributed by atoms with van der Waals surface area (Å²) in [6.45, 7) is 24.7. The first-order valence-electron chi connectivity index (χ1n) is 17.2. The lowest BCUT2D eigenvalue weighted by Crippen LogP contribution is -2.54. The average Bonchev–Trinajstić information content (AvgIpc) is 2.92.